The van der Waals surface area contributed by atoms with Gasteiger partial charge in [0.25, 0.3) is 0 Å². The van der Waals surface area contributed by atoms with Crippen LogP contribution >= 0.6 is 23.4 Å². The number of nitrogens with zero attached hydrogens (tertiary/aromatic N) is 2. The van der Waals surface area contributed by atoms with Gasteiger partial charge < -0.3 is 0 Å². The summed E-state index contributed by atoms with van der Waals surface area (Å²) in [7, 11) is 0. The maximum Gasteiger partial charge on any atom is 0.140 e. The Morgan fingerprint density at radius 3 is 2.40 bits per heavy atom. The first-order chi connectivity index (χ1) is 9.60. The quantitative estimate of drug-likeness (QED) is 0.756. The van der Waals surface area contributed by atoms with Gasteiger partial charge in [0.15, 0.2) is 0 Å². The van der Waals surface area contributed by atoms with Gasteiger partial charge in [0.1, 0.15) is 11.0 Å². The molecule has 0 fully saturated rings. The fourth-order valence-electron chi connectivity index (χ4n) is 1.98. The average molecular weight is 307 g/mol. The molecule has 0 spiro atoms. The van der Waals surface area contributed by atoms with E-state index >= 15 is 0 Å². The second kappa shape index (κ2) is 7.09. The molecule has 0 unspecified atom stereocenters. The Hall–Kier alpha value is -1.06. The van der Waals surface area contributed by atoms with Gasteiger partial charge in [-0.25, -0.2) is 9.97 Å². The minimum absolute atomic E-state index is 0.588. The molecule has 106 valence electrons. The minimum Gasteiger partial charge on any atom is -0.237 e. The first-order valence-corrected chi connectivity index (χ1v) is 8.28. The van der Waals surface area contributed by atoms with E-state index in [9.17, 15) is 0 Å². The van der Waals surface area contributed by atoms with Crippen LogP contribution < -0.4 is 0 Å². The first-order valence-electron chi connectivity index (χ1n) is 6.75. The Morgan fingerprint density at radius 2 is 1.80 bits per heavy atom. The molecule has 1 aromatic heterocycles. The highest BCUT2D eigenvalue weighted by molar-refractivity contribution is 7.98. The van der Waals surface area contributed by atoms with E-state index in [1.807, 2.05) is 6.92 Å². The van der Waals surface area contributed by atoms with Gasteiger partial charge in [-0.1, -0.05) is 48.4 Å². The zero-order valence-corrected chi connectivity index (χ0v) is 13.7. The van der Waals surface area contributed by atoms with Crippen molar-refractivity contribution in [2.24, 2.45) is 0 Å². The molecule has 0 atom stereocenters. The van der Waals surface area contributed by atoms with Crippen molar-refractivity contribution in [3.63, 3.8) is 0 Å². The summed E-state index contributed by atoms with van der Waals surface area (Å²) in [6.07, 6.45) is 0.784. The lowest BCUT2D eigenvalue weighted by Gasteiger charge is -2.10. The Balaban J connectivity index is 2.21. The molecule has 0 saturated carbocycles. The Kier molecular flexibility index (Phi) is 5.44. The van der Waals surface area contributed by atoms with Gasteiger partial charge in [-0.15, -0.1) is 0 Å². The highest BCUT2D eigenvalue weighted by Gasteiger charge is 2.10. The molecule has 1 heterocycles. The maximum absolute atomic E-state index is 6.33. The van der Waals surface area contributed by atoms with Crippen LogP contribution in [0, 0.1) is 13.8 Å². The zero-order chi connectivity index (χ0) is 14.5. The van der Waals surface area contributed by atoms with E-state index < -0.39 is 0 Å². The number of aryl methyl sites for hydroxylation is 2. The Morgan fingerprint density at radius 1 is 1.10 bits per heavy atom. The van der Waals surface area contributed by atoms with Crippen LogP contribution in [0.15, 0.2) is 24.3 Å². The zero-order valence-electron chi connectivity index (χ0n) is 12.1. The first kappa shape index (κ1) is 15.3. The minimum atomic E-state index is 0.588. The second-order valence-corrected chi connectivity index (χ2v) is 6.43. The molecule has 4 heteroatoms. The lowest BCUT2D eigenvalue weighted by Crippen LogP contribution is -2.03. The topological polar surface area (TPSA) is 25.8 Å². The van der Waals surface area contributed by atoms with Crippen LogP contribution in [0.5, 0.6) is 0 Å². The molecule has 0 saturated heterocycles. The third-order valence-electron chi connectivity index (χ3n) is 3.15. The van der Waals surface area contributed by atoms with Gasteiger partial charge in [0.05, 0.1) is 5.75 Å². The highest BCUT2D eigenvalue weighted by atomic mass is 35.5. The Labute approximate surface area is 130 Å². The van der Waals surface area contributed by atoms with Crippen molar-refractivity contribution < 1.29 is 0 Å². The predicted octanol–water partition coefficient (Wildman–Crippen LogP) is 4.59. The molecule has 20 heavy (non-hydrogen) atoms. The number of hydrogen-bond acceptors (Lipinski definition) is 3. The molecule has 2 nitrogen and oxygen atoms in total. The monoisotopic (exact) mass is 306 g/mol. The normalized spacial score (nSPS) is 10.8. The number of halogens is 1. The van der Waals surface area contributed by atoms with Gasteiger partial charge >= 0.3 is 0 Å². The largest absolute Gasteiger partial charge is 0.237 e. The number of benzene rings is 1. The third kappa shape index (κ3) is 3.97. The summed E-state index contributed by atoms with van der Waals surface area (Å²) in [6, 6.07) is 8.50. The van der Waals surface area contributed by atoms with Crippen LogP contribution in [0.4, 0.5) is 0 Å². The van der Waals surface area contributed by atoms with Crippen LogP contribution in [-0.2, 0) is 12.2 Å². The number of hydrogen-bond donors (Lipinski definition) is 0. The fraction of sp³-hybridized carbons (Fsp3) is 0.375. The molecule has 0 aliphatic rings. The SMILES string of the molecule is CCSCc1nc(C)c(Cc2ccc(C)cc2)c(Cl)n1. The van der Waals surface area contributed by atoms with Gasteiger partial charge in [0.2, 0.25) is 0 Å². The van der Waals surface area contributed by atoms with E-state index in [2.05, 4.69) is 48.1 Å². The second-order valence-electron chi connectivity index (χ2n) is 4.79. The van der Waals surface area contributed by atoms with Gasteiger partial charge in [-0.3, -0.25) is 0 Å². The van der Waals surface area contributed by atoms with E-state index in [-0.39, 0.29) is 0 Å². The van der Waals surface area contributed by atoms with Crippen molar-refractivity contribution in [2.75, 3.05) is 5.75 Å². The molecule has 0 radical (unpaired) electrons. The molecule has 0 bridgehead atoms. The van der Waals surface area contributed by atoms with E-state index in [0.717, 1.165) is 35.0 Å². The molecule has 1 aromatic carbocycles. The van der Waals surface area contributed by atoms with Crippen LogP contribution in [0.25, 0.3) is 0 Å². The summed E-state index contributed by atoms with van der Waals surface area (Å²) in [5, 5.41) is 0.588. The smallest absolute Gasteiger partial charge is 0.140 e. The summed E-state index contributed by atoms with van der Waals surface area (Å²) in [6.45, 7) is 6.23. The van der Waals surface area contributed by atoms with Crippen LogP contribution in [-0.4, -0.2) is 15.7 Å². The van der Waals surface area contributed by atoms with E-state index in [1.165, 1.54) is 11.1 Å². The van der Waals surface area contributed by atoms with Gasteiger partial charge in [-0.05, 0) is 25.2 Å². The summed E-state index contributed by atoms with van der Waals surface area (Å²) < 4.78 is 0. The van der Waals surface area contributed by atoms with Crippen molar-refractivity contribution in [3.05, 3.63) is 57.6 Å². The number of thioether (sulfide) groups is 1. The van der Waals surface area contributed by atoms with E-state index in [4.69, 9.17) is 11.6 Å². The van der Waals surface area contributed by atoms with Crippen LogP contribution in [0.3, 0.4) is 0 Å². The molecule has 0 amide bonds. The molecule has 0 aliphatic heterocycles. The molecule has 2 rings (SSSR count). The lowest BCUT2D eigenvalue weighted by atomic mass is 10.0. The van der Waals surface area contributed by atoms with Crippen molar-refractivity contribution >= 4 is 23.4 Å². The Bertz CT molecular complexity index is 559. The van der Waals surface area contributed by atoms with Crippen LogP contribution in [0.1, 0.15) is 35.1 Å². The molecular weight excluding hydrogens is 288 g/mol. The third-order valence-corrected chi connectivity index (χ3v) is 4.33. The number of aromatic nitrogens is 2. The molecule has 0 N–H and O–H groups in total. The number of rotatable bonds is 5. The highest BCUT2D eigenvalue weighted by Crippen LogP contribution is 2.22. The summed E-state index contributed by atoms with van der Waals surface area (Å²) >= 11 is 8.14. The summed E-state index contributed by atoms with van der Waals surface area (Å²) in [5.41, 5.74) is 4.51. The summed E-state index contributed by atoms with van der Waals surface area (Å²) in [4.78, 5) is 8.99. The van der Waals surface area contributed by atoms with Crippen molar-refractivity contribution in [3.8, 4) is 0 Å². The standard InChI is InChI=1S/C16H19ClN2S/c1-4-20-10-15-18-12(3)14(16(17)19-15)9-13-7-5-11(2)6-8-13/h5-8H,4,9-10H2,1-3H3. The maximum atomic E-state index is 6.33. The van der Waals surface area contributed by atoms with Crippen molar-refractivity contribution in [1.29, 1.82) is 0 Å². The predicted molar refractivity (Wildman–Crippen MR) is 87.6 cm³/mol. The summed E-state index contributed by atoms with van der Waals surface area (Å²) in [5.74, 6) is 2.71. The van der Waals surface area contributed by atoms with Crippen molar-refractivity contribution in [1.82, 2.24) is 9.97 Å². The molecule has 2 aromatic rings. The van der Waals surface area contributed by atoms with E-state index in [1.54, 1.807) is 11.8 Å². The molecular formula is C16H19ClN2S. The van der Waals surface area contributed by atoms with Gasteiger partial charge in [-0.2, -0.15) is 11.8 Å². The van der Waals surface area contributed by atoms with Crippen molar-refractivity contribution in [2.45, 2.75) is 32.9 Å². The van der Waals surface area contributed by atoms with E-state index in [0.29, 0.717) is 5.15 Å². The average Bonchev–Trinajstić information content (AvgIpc) is 2.42. The fourth-order valence-corrected chi connectivity index (χ4v) is 2.80. The lowest BCUT2D eigenvalue weighted by molar-refractivity contribution is 0.949. The van der Waals surface area contributed by atoms with Gasteiger partial charge in [0, 0.05) is 17.7 Å². The van der Waals surface area contributed by atoms with Crippen LogP contribution in [0.2, 0.25) is 5.15 Å². The molecule has 0 aliphatic carbocycles.